The molecule has 0 aromatic carbocycles. The topological polar surface area (TPSA) is 1230 Å². The first-order chi connectivity index (χ1) is 0. The van der Waals surface area contributed by atoms with E-state index in [0.29, 0.717) is 0 Å². The second kappa shape index (κ2) is 1510. The predicted octanol–water partition coefficient (Wildman–Crippen LogP) is -34.0. The van der Waals surface area contributed by atoms with Gasteiger partial charge in [-0.2, -0.15) is 9.90 Å². The molecule has 0 spiro atoms. The van der Waals surface area contributed by atoms with Gasteiger partial charge in [0.15, 0.2) is 0 Å². The van der Waals surface area contributed by atoms with E-state index in [1.54, 1.807) is 0 Å². The van der Waals surface area contributed by atoms with E-state index in [4.69, 9.17) is 0 Å². The van der Waals surface area contributed by atoms with Crippen LogP contribution in [0.2, 0.25) is 0 Å². The van der Waals surface area contributed by atoms with Crippen LogP contribution in [0.5, 0.6) is 0 Å². The maximum atomic E-state index is 0. The van der Waals surface area contributed by atoms with Crippen molar-refractivity contribution in [1.29, 1.82) is 0 Å². The molecule has 393 valence electrons. The van der Waals surface area contributed by atoms with Crippen molar-refractivity contribution >= 4 is 267 Å². The van der Waals surface area contributed by atoms with Gasteiger partial charge in [0.05, 0.1) is 0 Å². The molecular formula is H81K5O39PW11Zn. The number of hydrogen-bond donors (Lipinski definition) is 0. The number of rotatable bonds is 0. The van der Waals surface area contributed by atoms with E-state index in [1.807, 2.05) is 0 Å². The normalized spacial score (nSPS) is 0. The number of hydrogen-bond acceptors (Lipinski definition) is 0. The molecule has 0 aliphatic carbocycles. The third-order valence-electron chi connectivity index (χ3n) is 0. The Bertz CT molecular complexity index is 76.7. The molecule has 5 radical (unpaired) electrons. The van der Waals surface area contributed by atoms with Gasteiger partial charge in [0.25, 0.3) is 0 Å². The van der Waals surface area contributed by atoms with Crippen molar-refractivity contribution in [3.05, 3.63) is 0 Å². The minimum atomic E-state index is 0. The van der Waals surface area contributed by atoms with Crippen LogP contribution in [-0.2, 0) is 251 Å². The zero-order valence-corrected chi connectivity index (χ0v) is 82.7. The fourth-order valence-electron chi connectivity index (χ4n) is 0. The van der Waals surface area contributed by atoms with Gasteiger partial charge in [-0.25, -0.2) is 0 Å². The average Bonchev–Trinajstić information content (AvgIpc) is 0. The van der Waals surface area contributed by atoms with Crippen molar-refractivity contribution in [3.63, 3.8) is 0 Å². The molecule has 0 fully saturated rings. The van der Waals surface area contributed by atoms with Crippen LogP contribution in [0.4, 0.5) is 0 Å². The Labute approximate surface area is 713 Å². The van der Waals surface area contributed by atoms with Gasteiger partial charge < -0.3 is 214 Å². The SMILES string of the molecule is O.O.O.O.O.O.O.O.O.O.O.O.O.O.O.O.O.O.O.O.O.O.O.O.O.O.O.O.O.O.O.O.O.O.O.O.O.O.O.P.[K].[K].[K].[K].[K].[W].[W].[W].[W].[W].[W].[W].[W].[W].[W].[W].[Zn]. The third kappa shape index (κ3) is 1470. The van der Waals surface area contributed by atoms with E-state index in [0.717, 1.165) is 0 Å². The van der Waals surface area contributed by atoms with E-state index in [-0.39, 0.29) is 732 Å². The first kappa shape index (κ1) is 1580. The Balaban J connectivity index is 0. The predicted molar refractivity (Wildman–Crippen MR) is 181 cm³/mol. The van der Waals surface area contributed by atoms with Crippen LogP contribution in [0.25, 0.3) is 0 Å². The molecular weight excluding hydrogens is 2940 g/mol. The van der Waals surface area contributed by atoms with Crippen LogP contribution in [0.1, 0.15) is 0 Å². The van der Waals surface area contributed by atoms with Gasteiger partial charge in [-0.15, -0.1) is 0 Å². The Kier molecular flexibility index (Phi) is 41900. The van der Waals surface area contributed by atoms with Crippen molar-refractivity contribution in [2.75, 3.05) is 0 Å². The van der Waals surface area contributed by atoms with Crippen LogP contribution < -0.4 is 0 Å². The summed E-state index contributed by atoms with van der Waals surface area (Å²) in [5.41, 5.74) is 0. The standard InChI is InChI=1S/5K.39H2O.H3P.11W.Zn/h;;;;;39*1H2;1H3;;;;;;;;;;;;. The molecule has 0 aromatic rings. The van der Waals surface area contributed by atoms with Crippen molar-refractivity contribution in [3.8, 4) is 0 Å². The minimum absolute atomic E-state index is 0. The van der Waals surface area contributed by atoms with E-state index in [9.17, 15) is 0 Å². The molecule has 0 bridgehead atoms. The monoisotopic (exact) mass is 3020 g/mol. The van der Waals surface area contributed by atoms with Crippen LogP contribution >= 0.6 is 9.90 Å². The van der Waals surface area contributed by atoms with Crippen LogP contribution in [0.3, 0.4) is 0 Å². The van der Waals surface area contributed by atoms with Crippen molar-refractivity contribution in [1.82, 2.24) is 0 Å². The second-order valence-electron chi connectivity index (χ2n) is 0. The van der Waals surface area contributed by atoms with Gasteiger partial charge in [-0.1, -0.05) is 0 Å². The zero-order chi connectivity index (χ0) is 0. The molecule has 0 amide bonds. The zero-order valence-electron chi connectivity index (χ0n) is 30.4. The van der Waals surface area contributed by atoms with Crippen molar-refractivity contribution in [2.45, 2.75) is 0 Å². The molecule has 0 aliphatic rings. The average molecular weight is 3020 g/mol. The largest absolute Gasteiger partial charge is 0.412 e. The quantitative estimate of drug-likeness (QED) is 0.161. The van der Waals surface area contributed by atoms with E-state index < -0.39 is 0 Å². The summed E-state index contributed by atoms with van der Waals surface area (Å²) in [6.07, 6.45) is 0. The molecule has 0 saturated heterocycles. The fraction of sp³-hybridized carbons (Fsp3) is 0. The summed E-state index contributed by atoms with van der Waals surface area (Å²) in [7, 11) is 0. The molecule has 39 nitrogen and oxygen atoms in total. The first-order valence-electron chi connectivity index (χ1n) is 0. The second-order valence-corrected chi connectivity index (χ2v) is 0. The summed E-state index contributed by atoms with van der Waals surface area (Å²) >= 11 is 0. The molecule has 1 atom stereocenters. The summed E-state index contributed by atoms with van der Waals surface area (Å²) < 4.78 is 0. The Morgan fingerprint density at radius 3 is 0.0877 bits per heavy atom. The van der Waals surface area contributed by atoms with Gasteiger partial charge in [-0.05, 0) is 0 Å². The Morgan fingerprint density at radius 1 is 0.0877 bits per heavy atom. The van der Waals surface area contributed by atoms with E-state index >= 15 is 0 Å². The Hall–Kier alpha value is 15.2. The molecule has 57 heteroatoms. The maximum Gasteiger partial charge on any atom is 0 e. The van der Waals surface area contributed by atoms with Crippen molar-refractivity contribution < 1.29 is 465 Å². The van der Waals surface area contributed by atoms with E-state index in [2.05, 4.69) is 0 Å². The van der Waals surface area contributed by atoms with Crippen molar-refractivity contribution in [2.24, 2.45) is 0 Å². The first-order valence-corrected chi connectivity index (χ1v) is 0. The summed E-state index contributed by atoms with van der Waals surface area (Å²) in [6, 6.07) is 0. The Morgan fingerprint density at radius 2 is 0.0877 bits per heavy atom. The molecule has 0 rings (SSSR count). The molecule has 0 aromatic heterocycles. The van der Waals surface area contributed by atoms with Crippen LogP contribution in [0.15, 0.2) is 0 Å². The van der Waals surface area contributed by atoms with Crippen LogP contribution in [0, 0.1) is 0 Å². The van der Waals surface area contributed by atoms with Gasteiger partial charge in [0.2, 0.25) is 0 Å². The summed E-state index contributed by atoms with van der Waals surface area (Å²) in [6.45, 7) is 0. The summed E-state index contributed by atoms with van der Waals surface area (Å²) in [5, 5.41) is 0. The molecule has 1 unspecified atom stereocenters. The van der Waals surface area contributed by atoms with Gasteiger partial charge >= 0.3 is 0 Å². The summed E-state index contributed by atoms with van der Waals surface area (Å²) in [5.74, 6) is 0. The third-order valence-corrected chi connectivity index (χ3v) is 0. The smallest absolute Gasteiger partial charge is 0 e. The van der Waals surface area contributed by atoms with Gasteiger partial charge in [0.1, 0.15) is 0 Å². The fourth-order valence-corrected chi connectivity index (χ4v) is 0. The van der Waals surface area contributed by atoms with E-state index in [1.165, 1.54) is 0 Å². The molecule has 78 N–H and O–H groups in total. The molecule has 0 aliphatic heterocycles. The minimum Gasteiger partial charge on any atom is -0.412 e. The van der Waals surface area contributed by atoms with Gasteiger partial charge in [-0.3, -0.25) is 0 Å². The van der Waals surface area contributed by atoms with Crippen LogP contribution in [-0.4, -0.2) is 470 Å². The molecule has 57 heavy (non-hydrogen) atoms. The molecule has 0 saturated carbocycles. The van der Waals surface area contributed by atoms with Gasteiger partial charge in [0, 0.05) is 508 Å². The summed E-state index contributed by atoms with van der Waals surface area (Å²) in [4.78, 5) is 0. The molecule has 0 heterocycles. The maximum absolute atomic E-state index is 0.